The van der Waals surface area contributed by atoms with Crippen molar-refractivity contribution in [3.8, 4) is 5.75 Å². The van der Waals surface area contributed by atoms with Crippen molar-refractivity contribution in [1.29, 1.82) is 0 Å². The average Bonchev–Trinajstić information content (AvgIpc) is 2.23. The van der Waals surface area contributed by atoms with E-state index in [1.807, 2.05) is 0 Å². The van der Waals surface area contributed by atoms with Gasteiger partial charge in [-0.3, -0.25) is 0 Å². The zero-order chi connectivity index (χ0) is 12.1. The first-order valence-electron chi connectivity index (χ1n) is 4.47. The van der Waals surface area contributed by atoms with Gasteiger partial charge in [0.2, 0.25) is 0 Å². The van der Waals surface area contributed by atoms with E-state index in [9.17, 15) is 9.18 Å². The van der Waals surface area contributed by atoms with E-state index in [1.54, 1.807) is 13.0 Å². The maximum absolute atomic E-state index is 13.2. The van der Waals surface area contributed by atoms with E-state index in [0.717, 1.165) is 0 Å². The topological polar surface area (TPSA) is 35.5 Å². The van der Waals surface area contributed by atoms with Gasteiger partial charge < -0.3 is 9.47 Å². The van der Waals surface area contributed by atoms with Gasteiger partial charge in [-0.25, -0.2) is 4.79 Å². The third-order valence-corrected chi connectivity index (χ3v) is 2.40. The van der Waals surface area contributed by atoms with Crippen LogP contribution in [0.15, 0.2) is 22.7 Å². The second-order valence-corrected chi connectivity index (χ2v) is 4.08. The first-order valence-corrected chi connectivity index (χ1v) is 5.64. The molecule has 0 radical (unpaired) electrons. The minimum Gasteiger partial charge on any atom is -0.461 e. The highest BCUT2D eigenvalue weighted by atomic mass is 79.9. The second kappa shape index (κ2) is 6.06. The van der Waals surface area contributed by atoms with E-state index < -0.39 is 12.3 Å². The average molecular weight is 312 g/mol. The largest absolute Gasteiger partial charge is 0.461 e. The lowest BCUT2D eigenvalue weighted by Gasteiger charge is -2.11. The molecule has 0 bridgehead atoms. The number of rotatable bonds is 4. The van der Waals surface area contributed by atoms with Gasteiger partial charge in [0, 0.05) is 4.47 Å². The van der Waals surface area contributed by atoms with Crippen LogP contribution in [0.4, 0.5) is 4.39 Å². The van der Waals surface area contributed by atoms with E-state index in [2.05, 4.69) is 20.7 Å². The maximum atomic E-state index is 13.2. The molecule has 16 heavy (non-hydrogen) atoms. The van der Waals surface area contributed by atoms with Gasteiger partial charge in [-0.1, -0.05) is 27.5 Å². The third kappa shape index (κ3) is 3.64. The summed E-state index contributed by atoms with van der Waals surface area (Å²) >= 11 is 8.93. The lowest BCUT2D eigenvalue weighted by atomic mass is 10.3. The van der Waals surface area contributed by atoms with E-state index in [0.29, 0.717) is 4.47 Å². The smallest absolute Gasteiger partial charge is 0.381 e. The molecule has 3 nitrogen and oxygen atoms in total. The fourth-order valence-electron chi connectivity index (χ4n) is 0.935. The molecule has 0 aromatic heterocycles. The minimum atomic E-state index is -2.17. The van der Waals surface area contributed by atoms with E-state index in [-0.39, 0.29) is 17.4 Å². The molecule has 0 aliphatic heterocycles. The number of benzene rings is 1. The summed E-state index contributed by atoms with van der Waals surface area (Å²) < 4.78 is 23.1. The Morgan fingerprint density at radius 3 is 2.94 bits per heavy atom. The summed E-state index contributed by atoms with van der Waals surface area (Å²) in [5.74, 6) is -0.991. The Balaban J connectivity index is 2.72. The SMILES string of the molecule is CCOC(=O)C(F)Oc1cc(Br)ccc1Cl. The standard InChI is InChI=1S/C10H9BrClFO3/c1-2-15-10(14)9(13)16-8-5-6(11)3-4-7(8)12/h3-5,9H,2H2,1H3. The van der Waals surface area contributed by atoms with Crippen LogP contribution in [0.2, 0.25) is 5.02 Å². The Morgan fingerprint density at radius 2 is 2.31 bits per heavy atom. The van der Waals surface area contributed by atoms with Gasteiger partial charge >= 0.3 is 12.3 Å². The fraction of sp³-hybridized carbons (Fsp3) is 0.300. The summed E-state index contributed by atoms with van der Waals surface area (Å²) in [5, 5.41) is 0.218. The molecule has 0 saturated heterocycles. The molecular weight excluding hydrogens is 302 g/mol. The molecule has 0 spiro atoms. The molecule has 1 rings (SSSR count). The van der Waals surface area contributed by atoms with Crippen molar-refractivity contribution in [3.63, 3.8) is 0 Å². The molecule has 0 N–H and O–H groups in total. The molecule has 0 fully saturated rings. The maximum Gasteiger partial charge on any atom is 0.381 e. The minimum absolute atomic E-state index is 0.0802. The Hall–Kier alpha value is -0.810. The molecule has 1 atom stereocenters. The first-order chi connectivity index (χ1) is 7.54. The van der Waals surface area contributed by atoms with Gasteiger partial charge in [0.15, 0.2) is 0 Å². The van der Waals surface area contributed by atoms with Crippen molar-refractivity contribution in [2.24, 2.45) is 0 Å². The number of hydrogen-bond donors (Lipinski definition) is 0. The van der Waals surface area contributed by atoms with E-state index in [1.165, 1.54) is 12.1 Å². The van der Waals surface area contributed by atoms with Crippen molar-refractivity contribution in [3.05, 3.63) is 27.7 Å². The Bertz CT molecular complexity index is 386. The van der Waals surface area contributed by atoms with Crippen LogP contribution in [0.1, 0.15) is 6.92 Å². The molecule has 0 amide bonds. The van der Waals surface area contributed by atoms with Crippen molar-refractivity contribution in [2.45, 2.75) is 13.3 Å². The van der Waals surface area contributed by atoms with Crippen LogP contribution in [0.25, 0.3) is 0 Å². The van der Waals surface area contributed by atoms with Crippen LogP contribution in [0, 0.1) is 0 Å². The second-order valence-electron chi connectivity index (χ2n) is 2.76. The quantitative estimate of drug-likeness (QED) is 0.800. The normalized spacial score (nSPS) is 12.0. The van der Waals surface area contributed by atoms with Gasteiger partial charge in [-0.2, -0.15) is 4.39 Å². The van der Waals surface area contributed by atoms with Gasteiger partial charge in [0.1, 0.15) is 5.75 Å². The van der Waals surface area contributed by atoms with Crippen molar-refractivity contribution >= 4 is 33.5 Å². The summed E-state index contributed by atoms with van der Waals surface area (Å²) in [7, 11) is 0. The number of carbonyl (C=O) groups excluding carboxylic acids is 1. The summed E-state index contributed by atoms with van der Waals surface area (Å²) in [4.78, 5) is 11.0. The van der Waals surface area contributed by atoms with Crippen LogP contribution in [0.5, 0.6) is 5.75 Å². The van der Waals surface area contributed by atoms with Gasteiger partial charge in [0.05, 0.1) is 11.6 Å². The van der Waals surface area contributed by atoms with E-state index in [4.69, 9.17) is 16.3 Å². The molecule has 0 saturated carbocycles. The van der Waals surface area contributed by atoms with Crippen molar-refractivity contribution in [1.82, 2.24) is 0 Å². The number of halogens is 3. The summed E-state index contributed by atoms with van der Waals surface area (Å²) in [6.07, 6.45) is -2.17. The monoisotopic (exact) mass is 310 g/mol. The van der Waals surface area contributed by atoms with Crippen LogP contribution in [-0.2, 0) is 9.53 Å². The molecule has 1 unspecified atom stereocenters. The highest BCUT2D eigenvalue weighted by molar-refractivity contribution is 9.10. The van der Waals surface area contributed by atoms with Crippen LogP contribution >= 0.6 is 27.5 Å². The number of esters is 1. The molecule has 0 aliphatic carbocycles. The predicted molar refractivity (Wildman–Crippen MR) is 61.3 cm³/mol. The Kier molecular flexibility index (Phi) is 5.02. The third-order valence-electron chi connectivity index (χ3n) is 1.60. The molecule has 0 aliphatic rings. The number of alkyl halides is 1. The lowest BCUT2D eigenvalue weighted by Crippen LogP contribution is -2.24. The van der Waals surface area contributed by atoms with E-state index >= 15 is 0 Å². The predicted octanol–water partition coefficient (Wildman–Crippen LogP) is 3.34. The first kappa shape index (κ1) is 13.3. The lowest BCUT2D eigenvalue weighted by molar-refractivity contribution is -0.159. The van der Waals surface area contributed by atoms with Crippen LogP contribution < -0.4 is 4.74 Å². The highest BCUT2D eigenvalue weighted by Gasteiger charge is 2.21. The molecule has 1 aromatic rings. The molecule has 1 aromatic carbocycles. The Morgan fingerprint density at radius 1 is 1.62 bits per heavy atom. The number of ether oxygens (including phenoxy) is 2. The molecule has 6 heteroatoms. The number of carbonyl (C=O) groups is 1. The van der Waals surface area contributed by atoms with Gasteiger partial charge in [0.25, 0.3) is 0 Å². The van der Waals surface area contributed by atoms with Crippen LogP contribution in [0.3, 0.4) is 0 Å². The van der Waals surface area contributed by atoms with Gasteiger partial charge in [-0.15, -0.1) is 0 Å². The summed E-state index contributed by atoms with van der Waals surface area (Å²) in [5.41, 5.74) is 0. The highest BCUT2D eigenvalue weighted by Crippen LogP contribution is 2.29. The molecule has 0 heterocycles. The van der Waals surface area contributed by atoms with Crippen LogP contribution in [-0.4, -0.2) is 18.9 Å². The van der Waals surface area contributed by atoms with Crippen molar-refractivity contribution < 1.29 is 18.7 Å². The molecular formula is C10H9BrClFO3. The zero-order valence-corrected chi connectivity index (χ0v) is 10.7. The Labute approximate surface area is 106 Å². The fourth-order valence-corrected chi connectivity index (χ4v) is 1.44. The van der Waals surface area contributed by atoms with Gasteiger partial charge in [-0.05, 0) is 25.1 Å². The summed E-state index contributed by atoms with van der Waals surface area (Å²) in [6, 6.07) is 4.67. The molecule has 88 valence electrons. The number of hydrogen-bond acceptors (Lipinski definition) is 3. The zero-order valence-electron chi connectivity index (χ0n) is 8.38. The summed E-state index contributed by atoms with van der Waals surface area (Å²) in [6.45, 7) is 1.67. The van der Waals surface area contributed by atoms with Crippen molar-refractivity contribution in [2.75, 3.05) is 6.61 Å².